The van der Waals surface area contributed by atoms with Crippen LogP contribution >= 0.6 is 0 Å². The average Bonchev–Trinajstić information content (AvgIpc) is 2.49. The van der Waals surface area contributed by atoms with Crippen molar-refractivity contribution in [2.45, 2.75) is 25.6 Å². The number of β-amino-alcohol motifs (C(OH)–C–C–N with tert-alkyl or cyclic N) is 1. The summed E-state index contributed by atoms with van der Waals surface area (Å²) in [7, 11) is 2.14. The molecule has 5 heteroatoms. The summed E-state index contributed by atoms with van der Waals surface area (Å²) in [5.41, 5.74) is 6.64. The number of hydrogen-bond acceptors (Lipinski definition) is 5. The first kappa shape index (κ1) is 16.2. The van der Waals surface area contributed by atoms with Gasteiger partial charge in [0.15, 0.2) is 0 Å². The lowest BCUT2D eigenvalue weighted by molar-refractivity contribution is 0.0356. The van der Waals surface area contributed by atoms with Crippen LogP contribution in [0.1, 0.15) is 12.5 Å². The van der Waals surface area contributed by atoms with Crippen molar-refractivity contribution >= 4 is 0 Å². The number of aliphatic hydroxyl groups is 1. The van der Waals surface area contributed by atoms with Crippen LogP contribution in [0.25, 0.3) is 0 Å². The van der Waals surface area contributed by atoms with Crippen molar-refractivity contribution in [3.05, 3.63) is 29.8 Å². The van der Waals surface area contributed by atoms with Crippen molar-refractivity contribution < 1.29 is 9.84 Å². The molecule has 0 radical (unpaired) electrons. The zero-order chi connectivity index (χ0) is 15.2. The number of nitrogens with two attached hydrogens (primary N) is 1. The molecule has 0 amide bonds. The van der Waals surface area contributed by atoms with Crippen LogP contribution in [0.3, 0.4) is 0 Å². The Morgan fingerprint density at radius 2 is 2.24 bits per heavy atom. The third-order valence-corrected chi connectivity index (χ3v) is 4.09. The Morgan fingerprint density at radius 1 is 1.43 bits per heavy atom. The predicted octanol–water partition coefficient (Wildman–Crippen LogP) is 0.521. The van der Waals surface area contributed by atoms with Crippen LogP contribution in [0.15, 0.2) is 24.3 Å². The SMILES string of the molecule is CC1CN(CC(O)COc2cccc(CN)c2)CCN1C. The van der Waals surface area contributed by atoms with Crippen LogP contribution in [0, 0.1) is 0 Å². The summed E-state index contributed by atoms with van der Waals surface area (Å²) in [6.07, 6.45) is -0.470. The van der Waals surface area contributed by atoms with Gasteiger partial charge in [0.05, 0.1) is 0 Å². The highest BCUT2D eigenvalue weighted by Gasteiger charge is 2.22. The molecule has 1 saturated heterocycles. The highest BCUT2D eigenvalue weighted by Crippen LogP contribution is 2.13. The molecule has 3 N–H and O–H groups in total. The number of benzene rings is 1. The van der Waals surface area contributed by atoms with Crippen LogP contribution < -0.4 is 10.5 Å². The van der Waals surface area contributed by atoms with Gasteiger partial charge >= 0.3 is 0 Å². The van der Waals surface area contributed by atoms with Crippen LogP contribution in [0.5, 0.6) is 5.75 Å². The van der Waals surface area contributed by atoms with Gasteiger partial charge in [-0.15, -0.1) is 0 Å². The van der Waals surface area contributed by atoms with Gasteiger partial charge in [-0.1, -0.05) is 12.1 Å². The minimum atomic E-state index is -0.470. The fraction of sp³-hybridized carbons (Fsp3) is 0.625. The molecule has 0 aromatic heterocycles. The minimum absolute atomic E-state index is 0.314. The van der Waals surface area contributed by atoms with Gasteiger partial charge in [0.1, 0.15) is 18.5 Å². The second kappa shape index (κ2) is 7.75. The topological polar surface area (TPSA) is 62.0 Å². The molecule has 1 heterocycles. The second-order valence-electron chi connectivity index (χ2n) is 5.91. The first-order valence-electron chi connectivity index (χ1n) is 7.61. The Morgan fingerprint density at radius 3 is 2.95 bits per heavy atom. The van der Waals surface area contributed by atoms with Crippen molar-refractivity contribution in [1.29, 1.82) is 0 Å². The van der Waals surface area contributed by atoms with E-state index in [-0.39, 0.29) is 0 Å². The molecule has 1 aliphatic rings. The molecule has 21 heavy (non-hydrogen) atoms. The highest BCUT2D eigenvalue weighted by molar-refractivity contribution is 5.28. The normalized spacial score (nSPS) is 22.2. The van der Waals surface area contributed by atoms with E-state index in [4.69, 9.17) is 10.5 Å². The zero-order valence-electron chi connectivity index (χ0n) is 13.0. The van der Waals surface area contributed by atoms with Crippen molar-refractivity contribution in [2.75, 3.05) is 39.8 Å². The Kier molecular flexibility index (Phi) is 5.99. The fourth-order valence-corrected chi connectivity index (χ4v) is 2.60. The van der Waals surface area contributed by atoms with Crippen LogP contribution in [-0.4, -0.2) is 66.9 Å². The third kappa shape index (κ3) is 4.97. The summed E-state index contributed by atoms with van der Waals surface area (Å²) in [6.45, 7) is 6.74. The summed E-state index contributed by atoms with van der Waals surface area (Å²) in [5.74, 6) is 0.767. The van der Waals surface area contributed by atoms with Gasteiger partial charge in [-0.05, 0) is 31.7 Å². The number of likely N-dealkylation sites (N-methyl/N-ethyl adjacent to an activating group) is 1. The largest absolute Gasteiger partial charge is 0.491 e. The first-order valence-corrected chi connectivity index (χ1v) is 7.61. The van der Waals surface area contributed by atoms with Gasteiger partial charge in [-0.2, -0.15) is 0 Å². The van der Waals surface area contributed by atoms with Gasteiger partial charge < -0.3 is 20.5 Å². The van der Waals surface area contributed by atoms with E-state index in [0.29, 0.717) is 25.7 Å². The van der Waals surface area contributed by atoms with E-state index < -0.39 is 6.10 Å². The van der Waals surface area contributed by atoms with Crippen LogP contribution in [0.4, 0.5) is 0 Å². The van der Waals surface area contributed by atoms with Gasteiger partial charge in [0.25, 0.3) is 0 Å². The molecular formula is C16H27N3O2. The lowest BCUT2D eigenvalue weighted by Gasteiger charge is -2.38. The summed E-state index contributed by atoms with van der Waals surface area (Å²) >= 11 is 0. The molecule has 1 aromatic carbocycles. The minimum Gasteiger partial charge on any atom is -0.491 e. The van der Waals surface area contributed by atoms with Crippen molar-refractivity contribution in [1.82, 2.24) is 9.80 Å². The molecule has 5 nitrogen and oxygen atoms in total. The number of nitrogens with zero attached hydrogens (tertiary/aromatic N) is 2. The van der Waals surface area contributed by atoms with E-state index in [0.717, 1.165) is 30.9 Å². The van der Waals surface area contributed by atoms with E-state index >= 15 is 0 Å². The smallest absolute Gasteiger partial charge is 0.119 e. The predicted molar refractivity (Wildman–Crippen MR) is 84.4 cm³/mol. The second-order valence-corrected chi connectivity index (χ2v) is 5.91. The Balaban J connectivity index is 1.75. The molecule has 0 aliphatic carbocycles. The molecule has 0 bridgehead atoms. The molecule has 2 unspecified atom stereocenters. The fourth-order valence-electron chi connectivity index (χ4n) is 2.60. The van der Waals surface area contributed by atoms with Crippen molar-refractivity contribution in [2.24, 2.45) is 5.73 Å². The standard InChI is InChI=1S/C16H27N3O2/c1-13-10-19(7-6-18(13)2)11-15(20)12-21-16-5-3-4-14(8-16)9-17/h3-5,8,13,15,20H,6-7,9-12,17H2,1-2H3. The molecular weight excluding hydrogens is 266 g/mol. The van der Waals surface area contributed by atoms with Crippen molar-refractivity contribution in [3.8, 4) is 5.75 Å². The van der Waals surface area contributed by atoms with E-state index in [1.54, 1.807) is 0 Å². The molecule has 2 rings (SSSR count). The molecule has 2 atom stereocenters. The molecule has 1 aliphatic heterocycles. The van der Waals surface area contributed by atoms with E-state index in [1.165, 1.54) is 0 Å². The maximum absolute atomic E-state index is 10.1. The van der Waals surface area contributed by atoms with E-state index in [2.05, 4.69) is 23.8 Å². The monoisotopic (exact) mass is 293 g/mol. The third-order valence-electron chi connectivity index (χ3n) is 4.09. The first-order chi connectivity index (χ1) is 10.1. The summed E-state index contributed by atoms with van der Waals surface area (Å²) in [5, 5.41) is 10.1. The van der Waals surface area contributed by atoms with Gasteiger partial charge in [0, 0.05) is 38.8 Å². The van der Waals surface area contributed by atoms with E-state index in [1.807, 2.05) is 24.3 Å². The maximum atomic E-state index is 10.1. The zero-order valence-corrected chi connectivity index (χ0v) is 13.0. The average molecular weight is 293 g/mol. The highest BCUT2D eigenvalue weighted by atomic mass is 16.5. The van der Waals surface area contributed by atoms with E-state index in [9.17, 15) is 5.11 Å². The molecule has 0 saturated carbocycles. The maximum Gasteiger partial charge on any atom is 0.119 e. The number of aliphatic hydroxyl groups excluding tert-OH is 1. The Labute approximate surface area is 127 Å². The summed E-state index contributed by atoms with van der Waals surface area (Å²) < 4.78 is 5.66. The van der Waals surface area contributed by atoms with Crippen LogP contribution in [0.2, 0.25) is 0 Å². The number of ether oxygens (including phenoxy) is 1. The number of hydrogen-bond donors (Lipinski definition) is 2. The Hall–Kier alpha value is -1.14. The quantitative estimate of drug-likeness (QED) is 0.801. The van der Waals surface area contributed by atoms with Crippen LogP contribution in [-0.2, 0) is 6.54 Å². The molecule has 1 aromatic rings. The Bertz CT molecular complexity index is 441. The van der Waals surface area contributed by atoms with Crippen molar-refractivity contribution in [3.63, 3.8) is 0 Å². The molecule has 1 fully saturated rings. The lowest BCUT2D eigenvalue weighted by atomic mass is 10.2. The number of piperazine rings is 1. The molecule has 118 valence electrons. The summed E-state index contributed by atoms with van der Waals surface area (Å²) in [6, 6.07) is 8.24. The van der Waals surface area contributed by atoms with Gasteiger partial charge in [0.2, 0.25) is 0 Å². The lowest BCUT2D eigenvalue weighted by Crippen LogP contribution is -2.52. The van der Waals surface area contributed by atoms with Gasteiger partial charge in [-0.25, -0.2) is 0 Å². The summed E-state index contributed by atoms with van der Waals surface area (Å²) in [4.78, 5) is 4.65. The number of rotatable bonds is 6. The molecule has 0 spiro atoms. The van der Waals surface area contributed by atoms with Gasteiger partial charge in [-0.3, -0.25) is 4.90 Å².